The number of carbonyl (C=O) groups excluding carboxylic acids is 1. The summed E-state index contributed by atoms with van der Waals surface area (Å²) in [5.41, 5.74) is 0.563. The molecule has 1 heterocycles. The summed E-state index contributed by atoms with van der Waals surface area (Å²) in [6, 6.07) is 8.53. The summed E-state index contributed by atoms with van der Waals surface area (Å²) in [5.74, 6) is -1.62. The van der Waals surface area contributed by atoms with Crippen LogP contribution in [0.5, 0.6) is 0 Å². The molecule has 2 aromatic rings. The molecular formula is C11H10N4O3. The maximum atomic E-state index is 12.1. The van der Waals surface area contributed by atoms with Gasteiger partial charge in [-0.2, -0.15) is 15.4 Å². The third-order valence-electron chi connectivity index (χ3n) is 2.24. The van der Waals surface area contributed by atoms with Crippen molar-refractivity contribution in [1.82, 2.24) is 15.4 Å². The molecule has 0 radical (unpaired) electrons. The largest absolute Gasteiger partial charge is 0.480 e. The number of carboxylic acid groups (broad SMARTS) is 1. The molecule has 0 aliphatic heterocycles. The van der Waals surface area contributed by atoms with E-state index in [0.717, 1.165) is 4.90 Å². The van der Waals surface area contributed by atoms with E-state index in [2.05, 4.69) is 15.4 Å². The van der Waals surface area contributed by atoms with E-state index in [1.165, 1.54) is 6.20 Å². The van der Waals surface area contributed by atoms with Gasteiger partial charge >= 0.3 is 5.97 Å². The Bertz CT molecular complexity index is 539. The Labute approximate surface area is 102 Å². The van der Waals surface area contributed by atoms with Crippen molar-refractivity contribution in [1.29, 1.82) is 0 Å². The van der Waals surface area contributed by atoms with Crippen LogP contribution >= 0.6 is 0 Å². The normalized spacial score (nSPS) is 10.0. The molecule has 2 rings (SSSR count). The van der Waals surface area contributed by atoms with Gasteiger partial charge in [-0.25, -0.2) is 0 Å². The second-order valence-corrected chi connectivity index (χ2v) is 3.48. The summed E-state index contributed by atoms with van der Waals surface area (Å²) in [7, 11) is 0. The van der Waals surface area contributed by atoms with Crippen LogP contribution in [0.15, 0.2) is 36.5 Å². The topological polar surface area (TPSA) is 99.2 Å². The standard InChI is InChI=1S/C11H10N4O3/c16-10(17)7-15(8-4-2-1-3-5-8)11(18)9-6-12-14-13-9/h1-6H,7H2,(H,16,17)(H,12,13,14). The van der Waals surface area contributed by atoms with E-state index in [1.807, 2.05) is 0 Å². The van der Waals surface area contributed by atoms with E-state index in [-0.39, 0.29) is 5.69 Å². The predicted octanol–water partition coefficient (Wildman–Crippen LogP) is 0.536. The minimum atomic E-state index is -1.10. The van der Waals surface area contributed by atoms with Crippen molar-refractivity contribution in [2.24, 2.45) is 0 Å². The Morgan fingerprint density at radius 2 is 2.00 bits per heavy atom. The monoisotopic (exact) mass is 246 g/mol. The number of H-pyrrole nitrogens is 1. The fraction of sp³-hybridized carbons (Fsp3) is 0.0909. The van der Waals surface area contributed by atoms with Crippen molar-refractivity contribution in [3.05, 3.63) is 42.2 Å². The molecule has 7 nitrogen and oxygen atoms in total. The maximum Gasteiger partial charge on any atom is 0.323 e. The van der Waals surface area contributed by atoms with Gasteiger partial charge in [-0.1, -0.05) is 18.2 Å². The van der Waals surface area contributed by atoms with Crippen molar-refractivity contribution in [2.45, 2.75) is 0 Å². The predicted molar refractivity (Wildman–Crippen MR) is 62.1 cm³/mol. The summed E-state index contributed by atoms with van der Waals surface area (Å²) in [6.07, 6.45) is 1.25. The summed E-state index contributed by atoms with van der Waals surface area (Å²) >= 11 is 0. The first-order valence-corrected chi connectivity index (χ1v) is 5.13. The molecule has 0 fully saturated rings. The number of aromatic nitrogens is 3. The van der Waals surface area contributed by atoms with Crippen LogP contribution in [0.25, 0.3) is 0 Å². The second-order valence-electron chi connectivity index (χ2n) is 3.48. The number of hydrogen-bond acceptors (Lipinski definition) is 4. The molecule has 18 heavy (non-hydrogen) atoms. The van der Waals surface area contributed by atoms with Gasteiger partial charge in [-0.05, 0) is 12.1 Å². The zero-order valence-electron chi connectivity index (χ0n) is 9.28. The van der Waals surface area contributed by atoms with Gasteiger partial charge in [0.1, 0.15) is 6.54 Å². The highest BCUT2D eigenvalue weighted by atomic mass is 16.4. The number of nitrogens with one attached hydrogen (secondary N) is 1. The quantitative estimate of drug-likeness (QED) is 0.820. The van der Waals surface area contributed by atoms with E-state index in [1.54, 1.807) is 30.3 Å². The molecule has 0 saturated heterocycles. The van der Waals surface area contributed by atoms with E-state index in [9.17, 15) is 9.59 Å². The van der Waals surface area contributed by atoms with Gasteiger partial charge in [0, 0.05) is 5.69 Å². The molecule has 1 aromatic heterocycles. The Kier molecular flexibility index (Phi) is 3.33. The first-order chi connectivity index (χ1) is 8.68. The van der Waals surface area contributed by atoms with E-state index in [0.29, 0.717) is 5.69 Å². The lowest BCUT2D eigenvalue weighted by Gasteiger charge is -2.19. The van der Waals surface area contributed by atoms with Gasteiger partial charge in [0.25, 0.3) is 5.91 Å². The first kappa shape index (κ1) is 11.8. The number of anilines is 1. The summed E-state index contributed by atoms with van der Waals surface area (Å²) < 4.78 is 0. The minimum absolute atomic E-state index is 0.0695. The van der Waals surface area contributed by atoms with Crippen LogP contribution in [0.4, 0.5) is 5.69 Å². The molecule has 2 N–H and O–H groups in total. The molecule has 92 valence electrons. The fourth-order valence-corrected chi connectivity index (χ4v) is 1.47. The number of carbonyl (C=O) groups is 2. The smallest absolute Gasteiger partial charge is 0.323 e. The Balaban J connectivity index is 2.31. The number of benzene rings is 1. The van der Waals surface area contributed by atoms with Gasteiger partial charge in [0.05, 0.1) is 6.20 Å². The van der Waals surface area contributed by atoms with Gasteiger partial charge in [0.15, 0.2) is 5.69 Å². The van der Waals surface area contributed by atoms with Crippen LogP contribution in [0.1, 0.15) is 10.5 Å². The van der Waals surface area contributed by atoms with Crippen molar-refractivity contribution in [3.63, 3.8) is 0 Å². The molecule has 0 aliphatic carbocycles. The zero-order valence-corrected chi connectivity index (χ0v) is 9.28. The van der Waals surface area contributed by atoms with Crippen molar-refractivity contribution < 1.29 is 14.7 Å². The van der Waals surface area contributed by atoms with Crippen molar-refractivity contribution in [3.8, 4) is 0 Å². The molecule has 7 heteroatoms. The molecule has 0 aliphatic rings. The number of rotatable bonds is 4. The molecular weight excluding hydrogens is 236 g/mol. The number of aliphatic carboxylic acids is 1. The Morgan fingerprint density at radius 3 is 2.56 bits per heavy atom. The van der Waals surface area contributed by atoms with Gasteiger partial charge in [0.2, 0.25) is 0 Å². The molecule has 0 atom stereocenters. The number of carboxylic acids is 1. The van der Waals surface area contributed by atoms with E-state index in [4.69, 9.17) is 5.11 Å². The van der Waals surface area contributed by atoms with Crippen LogP contribution in [0.2, 0.25) is 0 Å². The van der Waals surface area contributed by atoms with Gasteiger partial charge in [-0.15, -0.1) is 0 Å². The van der Waals surface area contributed by atoms with Gasteiger partial charge < -0.3 is 5.11 Å². The molecule has 1 aromatic carbocycles. The maximum absolute atomic E-state index is 12.1. The average Bonchev–Trinajstić information content (AvgIpc) is 2.90. The van der Waals surface area contributed by atoms with Crippen LogP contribution in [-0.4, -0.2) is 38.9 Å². The number of aromatic amines is 1. The molecule has 1 amide bonds. The lowest BCUT2D eigenvalue weighted by atomic mass is 10.2. The number of hydrogen-bond donors (Lipinski definition) is 2. The highest BCUT2D eigenvalue weighted by molar-refractivity contribution is 6.06. The SMILES string of the molecule is O=C(O)CN(C(=O)c1cn[nH]n1)c1ccccc1. The third kappa shape index (κ3) is 2.51. The average molecular weight is 246 g/mol. The minimum Gasteiger partial charge on any atom is -0.480 e. The molecule has 0 unspecified atom stereocenters. The first-order valence-electron chi connectivity index (χ1n) is 5.13. The highest BCUT2D eigenvalue weighted by Gasteiger charge is 2.22. The van der Waals surface area contributed by atoms with Crippen LogP contribution in [-0.2, 0) is 4.79 Å². The third-order valence-corrected chi connectivity index (χ3v) is 2.24. The second kappa shape index (κ2) is 5.09. The summed E-state index contributed by atoms with van der Waals surface area (Å²) in [5, 5.41) is 18.3. The summed E-state index contributed by atoms with van der Waals surface area (Å²) in [4.78, 5) is 24.0. The zero-order chi connectivity index (χ0) is 13.0. The number of amides is 1. The van der Waals surface area contributed by atoms with E-state index >= 15 is 0 Å². The molecule has 0 saturated carbocycles. The van der Waals surface area contributed by atoms with Crippen LogP contribution in [0, 0.1) is 0 Å². The number of para-hydroxylation sites is 1. The fourth-order valence-electron chi connectivity index (χ4n) is 1.47. The number of nitrogens with zero attached hydrogens (tertiary/aromatic N) is 3. The lowest BCUT2D eigenvalue weighted by Crippen LogP contribution is -2.35. The van der Waals surface area contributed by atoms with Gasteiger partial charge in [-0.3, -0.25) is 14.5 Å². The summed E-state index contributed by atoms with van der Waals surface area (Å²) in [6.45, 7) is -0.435. The van der Waals surface area contributed by atoms with Crippen LogP contribution in [0.3, 0.4) is 0 Å². The van der Waals surface area contributed by atoms with Crippen molar-refractivity contribution >= 4 is 17.6 Å². The molecule has 0 spiro atoms. The van der Waals surface area contributed by atoms with Crippen LogP contribution < -0.4 is 4.90 Å². The van der Waals surface area contributed by atoms with Crippen molar-refractivity contribution in [2.75, 3.05) is 11.4 Å². The highest BCUT2D eigenvalue weighted by Crippen LogP contribution is 2.15. The van der Waals surface area contributed by atoms with E-state index < -0.39 is 18.4 Å². The lowest BCUT2D eigenvalue weighted by molar-refractivity contribution is -0.135. The Morgan fingerprint density at radius 1 is 1.28 bits per heavy atom. The molecule has 0 bridgehead atoms. The Hall–Kier alpha value is -2.70.